The second kappa shape index (κ2) is 16.6. The summed E-state index contributed by atoms with van der Waals surface area (Å²) in [6, 6.07) is 39.0. The van der Waals surface area contributed by atoms with Crippen LogP contribution in [0.2, 0.25) is 0 Å². The Hall–Kier alpha value is -6.64. The summed E-state index contributed by atoms with van der Waals surface area (Å²) in [6.07, 6.45) is 0.592. The molecule has 2 amide bonds. The Morgan fingerprint density at radius 3 is 1.18 bits per heavy atom. The van der Waals surface area contributed by atoms with Gasteiger partial charge in [0.1, 0.15) is 11.5 Å². The Morgan fingerprint density at radius 1 is 0.473 bits per heavy atom. The van der Waals surface area contributed by atoms with Gasteiger partial charge in [0.2, 0.25) is 0 Å². The highest BCUT2D eigenvalue weighted by Crippen LogP contribution is 2.23. The predicted octanol–water partition coefficient (Wildman–Crippen LogP) is 7.40. The third-order valence-corrected chi connectivity index (χ3v) is 11.1. The molecule has 0 unspecified atom stereocenters. The van der Waals surface area contributed by atoms with E-state index in [0.29, 0.717) is 29.3 Å². The highest BCUT2D eigenvalue weighted by Gasteiger charge is 2.17. The lowest BCUT2D eigenvalue weighted by atomic mass is 10.0. The molecule has 6 aromatic rings. The number of rotatable bonds is 14. The van der Waals surface area contributed by atoms with Crippen molar-refractivity contribution < 1.29 is 35.9 Å². The van der Waals surface area contributed by atoms with Crippen LogP contribution in [-0.4, -0.2) is 42.9 Å². The summed E-state index contributed by atoms with van der Waals surface area (Å²) < 4.78 is 66.6. The lowest BCUT2D eigenvalue weighted by Gasteiger charge is -2.11. The van der Waals surface area contributed by atoms with Crippen LogP contribution in [0.1, 0.15) is 31.8 Å². The number of nitrogens with one attached hydrogen (secondary N) is 4. The molecule has 0 radical (unpaired) electrons. The number of ether oxygens (including phenoxy) is 2. The molecule has 4 N–H and O–H groups in total. The van der Waals surface area contributed by atoms with Crippen molar-refractivity contribution in [3.8, 4) is 11.5 Å². The normalized spacial score (nSPS) is 11.2. The fourth-order valence-corrected chi connectivity index (χ4v) is 7.54. The molecule has 6 aromatic carbocycles. The molecule has 0 aromatic heterocycles. The van der Waals surface area contributed by atoms with Gasteiger partial charge in [0, 0.05) is 33.9 Å². The van der Waals surface area contributed by atoms with Crippen molar-refractivity contribution in [2.24, 2.45) is 0 Å². The van der Waals surface area contributed by atoms with Gasteiger partial charge >= 0.3 is 0 Å². The van der Waals surface area contributed by atoms with Gasteiger partial charge in [0.25, 0.3) is 31.9 Å². The molecule has 0 aliphatic heterocycles. The van der Waals surface area contributed by atoms with Crippen LogP contribution in [0, 0.1) is 0 Å². The molecule has 0 heterocycles. The fourth-order valence-electron chi connectivity index (χ4n) is 5.44. The van der Waals surface area contributed by atoms with Crippen LogP contribution >= 0.6 is 0 Å². The zero-order chi connectivity index (χ0) is 39.0. The summed E-state index contributed by atoms with van der Waals surface area (Å²) in [5, 5.41) is 5.68. The van der Waals surface area contributed by atoms with Crippen LogP contribution in [-0.2, 0) is 26.5 Å². The molecule has 0 bridgehead atoms. The van der Waals surface area contributed by atoms with Crippen LogP contribution in [0.5, 0.6) is 11.5 Å². The lowest BCUT2D eigenvalue weighted by molar-refractivity contribution is 0.101. The van der Waals surface area contributed by atoms with Gasteiger partial charge in [-0.3, -0.25) is 19.0 Å². The number of carbonyl (C=O) groups excluding carboxylic acids is 2. The van der Waals surface area contributed by atoms with E-state index < -0.39 is 31.9 Å². The second-order valence-corrected chi connectivity index (χ2v) is 15.6. The van der Waals surface area contributed by atoms with Crippen molar-refractivity contribution in [1.29, 1.82) is 0 Å². The number of sulfonamides is 2. The predicted molar refractivity (Wildman–Crippen MR) is 212 cm³/mol. The topological polar surface area (TPSA) is 169 Å². The van der Waals surface area contributed by atoms with E-state index in [4.69, 9.17) is 9.47 Å². The molecule has 0 aliphatic rings. The Balaban J connectivity index is 1.01. The van der Waals surface area contributed by atoms with Crippen molar-refractivity contribution in [2.45, 2.75) is 16.2 Å². The van der Waals surface area contributed by atoms with E-state index in [2.05, 4.69) is 20.1 Å². The van der Waals surface area contributed by atoms with E-state index in [1.54, 1.807) is 84.9 Å². The van der Waals surface area contributed by atoms with Gasteiger partial charge in [-0.25, -0.2) is 16.8 Å². The van der Waals surface area contributed by atoms with Crippen molar-refractivity contribution >= 4 is 54.6 Å². The third-order valence-electron chi connectivity index (χ3n) is 8.33. The molecule has 6 rings (SSSR count). The third kappa shape index (κ3) is 9.87. The first-order valence-electron chi connectivity index (χ1n) is 16.8. The molecule has 12 nitrogen and oxygen atoms in total. The zero-order valence-corrected chi connectivity index (χ0v) is 31.3. The minimum Gasteiger partial charge on any atom is -0.497 e. The first-order valence-corrected chi connectivity index (χ1v) is 19.7. The number of amides is 2. The molecule has 14 heteroatoms. The molecule has 280 valence electrons. The van der Waals surface area contributed by atoms with Gasteiger partial charge in [0.15, 0.2) is 0 Å². The van der Waals surface area contributed by atoms with Crippen LogP contribution in [0.3, 0.4) is 0 Å². The SMILES string of the molecule is COc1ccc(S(=O)(=O)Nc2cccc(C(=O)Nc3ccc(Cc4ccc(NC(=O)c5cccc(NS(=O)(=O)c6ccc(OC)cc6)c5)cc4)cc3)c2)cc1. The van der Waals surface area contributed by atoms with Crippen molar-refractivity contribution in [1.82, 2.24) is 0 Å². The Labute approximate surface area is 319 Å². The maximum Gasteiger partial charge on any atom is 0.261 e. The number of hydrogen-bond acceptors (Lipinski definition) is 8. The van der Waals surface area contributed by atoms with Crippen LogP contribution in [0.25, 0.3) is 0 Å². The van der Waals surface area contributed by atoms with E-state index in [-0.39, 0.29) is 32.3 Å². The van der Waals surface area contributed by atoms with Crippen molar-refractivity contribution in [2.75, 3.05) is 34.3 Å². The summed E-state index contributed by atoms with van der Waals surface area (Å²) in [6.45, 7) is 0. The van der Waals surface area contributed by atoms with E-state index >= 15 is 0 Å². The van der Waals surface area contributed by atoms with Crippen molar-refractivity contribution in [3.63, 3.8) is 0 Å². The van der Waals surface area contributed by atoms with Crippen LogP contribution in [0.15, 0.2) is 155 Å². The number of hydrogen-bond donors (Lipinski definition) is 4. The highest BCUT2D eigenvalue weighted by atomic mass is 32.2. The molecular weight excluding hydrogens is 741 g/mol. The maximum absolute atomic E-state index is 13.0. The van der Waals surface area contributed by atoms with Crippen LogP contribution < -0.4 is 29.6 Å². The maximum atomic E-state index is 13.0. The Bertz CT molecular complexity index is 2350. The summed E-state index contributed by atoms with van der Waals surface area (Å²) in [5.41, 5.74) is 4.12. The summed E-state index contributed by atoms with van der Waals surface area (Å²) in [5.74, 6) is 0.250. The van der Waals surface area contributed by atoms with E-state index in [1.165, 1.54) is 50.6 Å². The number of carbonyl (C=O) groups is 2. The number of methoxy groups -OCH3 is 2. The molecule has 0 saturated carbocycles. The first-order chi connectivity index (χ1) is 26.4. The number of anilines is 4. The number of benzene rings is 6. The van der Waals surface area contributed by atoms with Gasteiger partial charge in [-0.05, 0) is 127 Å². The summed E-state index contributed by atoms with van der Waals surface area (Å²) >= 11 is 0. The standard InChI is InChI=1S/C41H36N4O8S2/c1-52-36-17-21-38(22-18-36)54(48,49)44-34-7-3-5-30(26-34)40(46)42-32-13-9-28(10-14-32)25-29-11-15-33(16-12-29)43-41(47)31-6-4-8-35(27-31)45-55(50,51)39-23-19-37(53-2)20-24-39/h3-24,26-27,44-45H,25H2,1-2H3,(H,42,46)(H,43,47). The van der Waals surface area contributed by atoms with Gasteiger partial charge in [-0.2, -0.15) is 0 Å². The molecule has 0 aliphatic carbocycles. The molecule has 0 fully saturated rings. The quantitative estimate of drug-likeness (QED) is 0.0888. The van der Waals surface area contributed by atoms with Crippen molar-refractivity contribution in [3.05, 3.63) is 168 Å². The van der Waals surface area contributed by atoms with Gasteiger partial charge in [-0.1, -0.05) is 36.4 Å². The molecule has 0 spiro atoms. The average Bonchev–Trinajstić information content (AvgIpc) is 3.19. The minimum absolute atomic E-state index is 0.0567. The van der Waals surface area contributed by atoms with E-state index in [0.717, 1.165) is 11.1 Å². The van der Waals surface area contributed by atoms with E-state index in [9.17, 15) is 26.4 Å². The minimum atomic E-state index is -3.88. The molecule has 55 heavy (non-hydrogen) atoms. The van der Waals surface area contributed by atoms with Crippen LogP contribution in [0.4, 0.5) is 22.7 Å². The monoisotopic (exact) mass is 776 g/mol. The smallest absolute Gasteiger partial charge is 0.261 e. The fraction of sp³-hybridized carbons (Fsp3) is 0.0732. The summed E-state index contributed by atoms with van der Waals surface area (Å²) in [4.78, 5) is 26.2. The zero-order valence-electron chi connectivity index (χ0n) is 29.6. The Morgan fingerprint density at radius 2 is 0.836 bits per heavy atom. The first kappa shape index (κ1) is 38.1. The molecule has 0 saturated heterocycles. The highest BCUT2D eigenvalue weighted by molar-refractivity contribution is 7.93. The van der Waals surface area contributed by atoms with Gasteiger partial charge in [0.05, 0.1) is 24.0 Å². The summed E-state index contributed by atoms with van der Waals surface area (Å²) in [7, 11) is -4.78. The lowest BCUT2D eigenvalue weighted by Crippen LogP contribution is -2.15. The van der Waals surface area contributed by atoms with Gasteiger partial charge in [-0.15, -0.1) is 0 Å². The second-order valence-electron chi connectivity index (χ2n) is 12.2. The Kier molecular flexibility index (Phi) is 11.5. The molecule has 0 atom stereocenters. The average molecular weight is 777 g/mol. The largest absolute Gasteiger partial charge is 0.497 e. The molecular formula is C41H36N4O8S2. The van der Waals surface area contributed by atoms with Gasteiger partial charge < -0.3 is 20.1 Å². The van der Waals surface area contributed by atoms with E-state index in [1.807, 2.05) is 24.3 Å².